The number of amides is 1. The molecule has 0 aliphatic heterocycles. The summed E-state index contributed by atoms with van der Waals surface area (Å²) in [4.78, 5) is 15.3. The van der Waals surface area contributed by atoms with E-state index in [0.29, 0.717) is 10.2 Å². The Hall–Kier alpha value is -0.910. The quantitative estimate of drug-likeness (QED) is 0.896. The molecule has 0 atom stereocenters. The minimum atomic E-state index is -0.131. The standard InChI is InChI=1S/C11H8BrClN2OS/c1-6(16)14-11-15-9(10(12)17-11)7-2-4-8(13)5-3-7/h2-5H,1H3,(H,14,15,16). The van der Waals surface area contributed by atoms with Gasteiger partial charge in [0.05, 0.1) is 9.48 Å². The van der Waals surface area contributed by atoms with Crippen LogP contribution in [0.2, 0.25) is 5.02 Å². The first-order valence-electron chi connectivity index (χ1n) is 4.76. The molecule has 1 aromatic heterocycles. The first-order valence-corrected chi connectivity index (χ1v) is 6.75. The molecule has 0 radical (unpaired) electrons. The lowest BCUT2D eigenvalue weighted by Gasteiger charge is -1.97. The van der Waals surface area contributed by atoms with Crippen molar-refractivity contribution in [3.63, 3.8) is 0 Å². The van der Waals surface area contributed by atoms with Crippen molar-refractivity contribution in [3.05, 3.63) is 33.1 Å². The number of carbonyl (C=O) groups excluding carboxylic acids is 1. The van der Waals surface area contributed by atoms with Gasteiger partial charge in [-0.05, 0) is 28.1 Å². The lowest BCUT2D eigenvalue weighted by atomic mass is 10.2. The van der Waals surface area contributed by atoms with E-state index < -0.39 is 0 Å². The van der Waals surface area contributed by atoms with E-state index in [1.807, 2.05) is 12.1 Å². The van der Waals surface area contributed by atoms with Gasteiger partial charge in [0.25, 0.3) is 0 Å². The van der Waals surface area contributed by atoms with E-state index in [-0.39, 0.29) is 5.91 Å². The van der Waals surface area contributed by atoms with E-state index in [0.717, 1.165) is 15.0 Å². The van der Waals surface area contributed by atoms with Crippen LogP contribution in [-0.4, -0.2) is 10.9 Å². The van der Waals surface area contributed by atoms with E-state index in [4.69, 9.17) is 11.6 Å². The molecule has 0 aliphatic carbocycles. The average molecular weight is 332 g/mol. The number of nitrogens with zero attached hydrogens (tertiary/aromatic N) is 1. The third-order valence-electron chi connectivity index (χ3n) is 1.99. The third kappa shape index (κ3) is 3.06. The molecule has 6 heteroatoms. The van der Waals surface area contributed by atoms with Gasteiger partial charge >= 0.3 is 0 Å². The Morgan fingerprint density at radius 3 is 2.65 bits per heavy atom. The van der Waals surface area contributed by atoms with Crippen molar-refractivity contribution in [1.82, 2.24) is 4.98 Å². The normalized spacial score (nSPS) is 10.3. The van der Waals surface area contributed by atoms with Crippen LogP contribution in [0.3, 0.4) is 0 Å². The van der Waals surface area contributed by atoms with Crippen LogP contribution in [0.1, 0.15) is 6.92 Å². The summed E-state index contributed by atoms with van der Waals surface area (Å²) in [6, 6.07) is 7.39. The molecule has 0 aliphatic rings. The summed E-state index contributed by atoms with van der Waals surface area (Å²) in [5.74, 6) is -0.131. The van der Waals surface area contributed by atoms with Crippen molar-refractivity contribution in [1.29, 1.82) is 0 Å². The second kappa shape index (κ2) is 5.16. The van der Waals surface area contributed by atoms with Gasteiger partial charge in [0.1, 0.15) is 0 Å². The second-order valence-corrected chi connectivity index (χ2v) is 6.08. The van der Waals surface area contributed by atoms with Gasteiger partial charge in [-0.25, -0.2) is 4.98 Å². The summed E-state index contributed by atoms with van der Waals surface area (Å²) in [6.45, 7) is 1.46. The highest BCUT2D eigenvalue weighted by atomic mass is 79.9. The van der Waals surface area contributed by atoms with Crippen LogP contribution >= 0.6 is 38.9 Å². The molecular formula is C11H8BrClN2OS. The number of benzene rings is 1. The fourth-order valence-corrected chi connectivity index (χ4v) is 2.96. The molecule has 2 rings (SSSR count). The molecule has 1 amide bonds. The molecule has 2 aromatic rings. The zero-order valence-electron chi connectivity index (χ0n) is 8.83. The molecule has 1 N–H and O–H groups in total. The summed E-state index contributed by atoms with van der Waals surface area (Å²) < 4.78 is 0.878. The Bertz CT molecular complexity index is 553. The summed E-state index contributed by atoms with van der Waals surface area (Å²) in [5.41, 5.74) is 1.75. The number of thiazole rings is 1. The molecule has 0 fully saturated rings. The SMILES string of the molecule is CC(=O)Nc1nc(-c2ccc(Cl)cc2)c(Br)s1. The van der Waals surface area contributed by atoms with Crippen LogP contribution in [0.5, 0.6) is 0 Å². The molecular weight excluding hydrogens is 324 g/mol. The van der Waals surface area contributed by atoms with Gasteiger partial charge in [0.15, 0.2) is 5.13 Å². The molecule has 0 bridgehead atoms. The largest absolute Gasteiger partial charge is 0.302 e. The van der Waals surface area contributed by atoms with Crippen LogP contribution in [0.15, 0.2) is 28.1 Å². The summed E-state index contributed by atoms with van der Waals surface area (Å²) in [6.07, 6.45) is 0. The lowest BCUT2D eigenvalue weighted by Crippen LogP contribution is -2.04. The zero-order chi connectivity index (χ0) is 12.4. The number of rotatable bonds is 2. The van der Waals surface area contributed by atoms with Crippen LogP contribution in [0.4, 0.5) is 5.13 Å². The Morgan fingerprint density at radius 1 is 1.41 bits per heavy atom. The van der Waals surface area contributed by atoms with E-state index in [1.165, 1.54) is 18.3 Å². The van der Waals surface area contributed by atoms with Crippen LogP contribution in [0.25, 0.3) is 11.3 Å². The van der Waals surface area contributed by atoms with Crippen molar-refractivity contribution < 1.29 is 4.79 Å². The molecule has 1 aromatic carbocycles. The summed E-state index contributed by atoms with van der Waals surface area (Å²) in [5, 5.41) is 3.92. The number of hydrogen-bond donors (Lipinski definition) is 1. The van der Waals surface area contributed by atoms with Gasteiger partial charge in [-0.3, -0.25) is 4.79 Å². The smallest absolute Gasteiger partial charge is 0.223 e. The topological polar surface area (TPSA) is 42.0 Å². The van der Waals surface area contributed by atoms with Gasteiger partial charge in [0, 0.05) is 17.5 Å². The monoisotopic (exact) mass is 330 g/mol. The minimum absolute atomic E-state index is 0.131. The maximum atomic E-state index is 10.9. The predicted molar refractivity (Wildman–Crippen MR) is 74.6 cm³/mol. The van der Waals surface area contributed by atoms with Crippen molar-refractivity contribution >= 4 is 49.9 Å². The molecule has 3 nitrogen and oxygen atoms in total. The molecule has 0 unspecified atom stereocenters. The maximum Gasteiger partial charge on any atom is 0.223 e. The fraction of sp³-hybridized carbons (Fsp3) is 0.0909. The van der Waals surface area contributed by atoms with Crippen LogP contribution in [0, 0.1) is 0 Å². The van der Waals surface area contributed by atoms with Gasteiger partial charge in [0.2, 0.25) is 5.91 Å². The fourth-order valence-electron chi connectivity index (χ4n) is 1.29. The van der Waals surface area contributed by atoms with E-state index >= 15 is 0 Å². The Morgan fingerprint density at radius 2 is 2.06 bits per heavy atom. The number of nitrogens with one attached hydrogen (secondary N) is 1. The Kier molecular flexibility index (Phi) is 3.81. The Balaban J connectivity index is 2.35. The predicted octanol–water partition coefficient (Wildman–Crippen LogP) is 4.18. The van der Waals surface area contributed by atoms with E-state index in [2.05, 4.69) is 26.2 Å². The molecule has 0 saturated carbocycles. The van der Waals surface area contributed by atoms with Gasteiger partial charge < -0.3 is 5.32 Å². The number of aromatic nitrogens is 1. The molecule has 88 valence electrons. The average Bonchev–Trinajstić information content (AvgIpc) is 2.59. The van der Waals surface area contributed by atoms with Gasteiger partial charge in [-0.15, -0.1) is 0 Å². The highest BCUT2D eigenvalue weighted by molar-refractivity contribution is 9.11. The molecule has 0 saturated heterocycles. The molecule has 1 heterocycles. The number of halogens is 2. The third-order valence-corrected chi connectivity index (χ3v) is 3.86. The molecule has 0 spiro atoms. The van der Waals surface area contributed by atoms with Gasteiger partial charge in [-0.2, -0.15) is 0 Å². The number of carbonyl (C=O) groups is 1. The maximum absolute atomic E-state index is 10.9. The molecule has 17 heavy (non-hydrogen) atoms. The summed E-state index contributed by atoms with van der Waals surface area (Å²) in [7, 11) is 0. The summed E-state index contributed by atoms with van der Waals surface area (Å²) >= 11 is 10.6. The Labute approximate surface area is 116 Å². The number of hydrogen-bond acceptors (Lipinski definition) is 3. The minimum Gasteiger partial charge on any atom is -0.302 e. The lowest BCUT2D eigenvalue weighted by molar-refractivity contribution is -0.114. The number of anilines is 1. The van der Waals surface area contributed by atoms with E-state index in [9.17, 15) is 4.79 Å². The first-order chi connectivity index (χ1) is 8.06. The van der Waals surface area contributed by atoms with Crippen molar-refractivity contribution in [3.8, 4) is 11.3 Å². The van der Waals surface area contributed by atoms with E-state index in [1.54, 1.807) is 12.1 Å². The van der Waals surface area contributed by atoms with Crippen LogP contribution < -0.4 is 5.32 Å². The van der Waals surface area contributed by atoms with Crippen molar-refractivity contribution in [2.45, 2.75) is 6.92 Å². The highest BCUT2D eigenvalue weighted by Crippen LogP contribution is 2.35. The zero-order valence-corrected chi connectivity index (χ0v) is 12.0. The second-order valence-electron chi connectivity index (χ2n) is 3.33. The van der Waals surface area contributed by atoms with Gasteiger partial charge in [-0.1, -0.05) is 35.1 Å². The van der Waals surface area contributed by atoms with Crippen molar-refractivity contribution in [2.24, 2.45) is 0 Å². The first kappa shape index (κ1) is 12.5. The van der Waals surface area contributed by atoms with Crippen LogP contribution in [-0.2, 0) is 4.79 Å². The van der Waals surface area contributed by atoms with Crippen molar-refractivity contribution in [2.75, 3.05) is 5.32 Å². The highest BCUT2D eigenvalue weighted by Gasteiger charge is 2.11.